The van der Waals surface area contributed by atoms with Crippen molar-refractivity contribution >= 4 is 34.2 Å². The van der Waals surface area contributed by atoms with Gasteiger partial charge in [0.2, 0.25) is 0 Å². The third-order valence-electron chi connectivity index (χ3n) is 5.21. The molecule has 0 atom stereocenters. The van der Waals surface area contributed by atoms with E-state index >= 15 is 0 Å². The Morgan fingerprint density at radius 3 is 2.86 bits per heavy atom. The van der Waals surface area contributed by atoms with Gasteiger partial charge in [0.05, 0.1) is 18.0 Å². The number of carboxylic acid groups (broad SMARTS) is 1. The largest absolute Gasteiger partial charge is 0.465 e. The van der Waals surface area contributed by atoms with Crippen molar-refractivity contribution in [3.8, 4) is 0 Å². The fourth-order valence-corrected chi connectivity index (χ4v) is 3.55. The molecule has 0 unspecified atom stereocenters. The van der Waals surface area contributed by atoms with Gasteiger partial charge in [0.25, 0.3) is 0 Å². The van der Waals surface area contributed by atoms with Gasteiger partial charge in [-0.25, -0.2) is 14.8 Å². The standard InChI is InChI=1S/C21H23N5O2/c1-3-14-10-16(15-6-8-26(9-7-15)21(27)28)4-5-17(14)24-20-11-19-18(12-22-20)23-13-25(19)2/h4-6,10-13H,3,7-9H2,1-2H3,(H,22,24)(H,27,28). The van der Waals surface area contributed by atoms with Gasteiger partial charge in [-0.05, 0) is 41.7 Å². The van der Waals surface area contributed by atoms with Crippen LogP contribution in [0.25, 0.3) is 16.6 Å². The van der Waals surface area contributed by atoms with Gasteiger partial charge in [0, 0.05) is 31.9 Å². The molecule has 7 nitrogen and oxygen atoms in total. The van der Waals surface area contributed by atoms with E-state index in [1.165, 1.54) is 16.0 Å². The van der Waals surface area contributed by atoms with Crippen LogP contribution in [-0.2, 0) is 13.5 Å². The average Bonchev–Trinajstić information content (AvgIpc) is 3.09. The molecule has 1 aromatic carbocycles. The van der Waals surface area contributed by atoms with Crippen molar-refractivity contribution in [2.24, 2.45) is 7.05 Å². The first-order valence-electron chi connectivity index (χ1n) is 9.39. The van der Waals surface area contributed by atoms with Crippen LogP contribution in [0.15, 0.2) is 42.9 Å². The van der Waals surface area contributed by atoms with E-state index in [-0.39, 0.29) is 0 Å². The van der Waals surface area contributed by atoms with Gasteiger partial charge < -0.3 is 19.9 Å². The maximum Gasteiger partial charge on any atom is 0.407 e. The molecule has 0 radical (unpaired) electrons. The maximum atomic E-state index is 11.1. The van der Waals surface area contributed by atoms with Crippen molar-refractivity contribution < 1.29 is 9.90 Å². The van der Waals surface area contributed by atoms with Gasteiger partial charge in [-0.2, -0.15) is 0 Å². The van der Waals surface area contributed by atoms with Crippen molar-refractivity contribution in [2.75, 3.05) is 18.4 Å². The third kappa shape index (κ3) is 3.43. The van der Waals surface area contributed by atoms with E-state index in [4.69, 9.17) is 5.11 Å². The summed E-state index contributed by atoms with van der Waals surface area (Å²) in [5, 5.41) is 12.5. The second-order valence-corrected chi connectivity index (χ2v) is 6.97. The van der Waals surface area contributed by atoms with Crippen LogP contribution in [-0.4, -0.2) is 43.7 Å². The minimum atomic E-state index is -0.859. The van der Waals surface area contributed by atoms with Gasteiger partial charge in [-0.1, -0.05) is 19.1 Å². The Morgan fingerprint density at radius 2 is 2.14 bits per heavy atom. The molecule has 1 amide bonds. The van der Waals surface area contributed by atoms with Gasteiger partial charge in [0.15, 0.2) is 0 Å². The number of carbonyl (C=O) groups is 1. The van der Waals surface area contributed by atoms with E-state index in [1.54, 1.807) is 12.5 Å². The third-order valence-corrected chi connectivity index (χ3v) is 5.21. The summed E-state index contributed by atoms with van der Waals surface area (Å²) >= 11 is 0. The number of nitrogens with zero attached hydrogens (tertiary/aromatic N) is 4. The zero-order chi connectivity index (χ0) is 19.7. The number of aromatic nitrogens is 3. The normalized spacial score (nSPS) is 14.2. The number of aryl methyl sites for hydroxylation is 2. The van der Waals surface area contributed by atoms with Gasteiger partial charge in [0.1, 0.15) is 11.3 Å². The summed E-state index contributed by atoms with van der Waals surface area (Å²) < 4.78 is 1.97. The quantitative estimate of drug-likeness (QED) is 0.717. The van der Waals surface area contributed by atoms with Crippen molar-refractivity contribution in [1.82, 2.24) is 19.4 Å². The Hall–Kier alpha value is -3.35. The first-order valence-corrected chi connectivity index (χ1v) is 9.39. The van der Waals surface area contributed by atoms with E-state index in [2.05, 4.69) is 40.4 Å². The van der Waals surface area contributed by atoms with Gasteiger partial charge in [-0.15, -0.1) is 0 Å². The molecule has 1 aliphatic heterocycles. The van der Waals surface area contributed by atoms with E-state index < -0.39 is 6.09 Å². The Labute approximate surface area is 163 Å². The summed E-state index contributed by atoms with van der Waals surface area (Å²) in [6.07, 6.45) is 6.34. The molecule has 0 spiro atoms. The predicted molar refractivity (Wildman–Crippen MR) is 110 cm³/mol. The summed E-state index contributed by atoms with van der Waals surface area (Å²) in [6.45, 7) is 3.11. The number of nitrogens with one attached hydrogen (secondary N) is 1. The molecular weight excluding hydrogens is 354 g/mol. The fraction of sp³-hybridized carbons (Fsp3) is 0.286. The maximum absolute atomic E-state index is 11.1. The Morgan fingerprint density at radius 1 is 1.29 bits per heavy atom. The number of anilines is 2. The Kier molecular flexibility index (Phi) is 4.73. The van der Waals surface area contributed by atoms with Crippen LogP contribution in [0.5, 0.6) is 0 Å². The number of fused-ring (bicyclic) bond motifs is 1. The molecule has 144 valence electrons. The number of hydrogen-bond acceptors (Lipinski definition) is 4. The highest BCUT2D eigenvalue weighted by molar-refractivity contribution is 5.79. The highest BCUT2D eigenvalue weighted by Gasteiger charge is 2.17. The summed E-state index contributed by atoms with van der Waals surface area (Å²) in [6, 6.07) is 8.35. The molecule has 4 rings (SSSR count). The van der Waals surface area contributed by atoms with E-state index in [1.807, 2.05) is 23.8 Å². The molecule has 7 heteroatoms. The fourth-order valence-electron chi connectivity index (χ4n) is 3.55. The van der Waals surface area contributed by atoms with Crippen molar-refractivity contribution in [3.63, 3.8) is 0 Å². The second kappa shape index (κ2) is 7.34. The van der Waals surface area contributed by atoms with Crippen molar-refractivity contribution in [1.29, 1.82) is 0 Å². The molecule has 0 bridgehead atoms. The molecule has 2 N–H and O–H groups in total. The Balaban J connectivity index is 1.58. The minimum Gasteiger partial charge on any atom is -0.465 e. The van der Waals surface area contributed by atoms with Crippen molar-refractivity contribution in [2.45, 2.75) is 19.8 Å². The van der Waals surface area contributed by atoms with Crippen molar-refractivity contribution in [3.05, 3.63) is 54.0 Å². The van der Waals surface area contributed by atoms with Crippen LogP contribution in [0, 0.1) is 0 Å². The highest BCUT2D eigenvalue weighted by atomic mass is 16.4. The lowest BCUT2D eigenvalue weighted by Crippen LogP contribution is -2.33. The molecule has 2 aromatic heterocycles. The molecule has 0 saturated carbocycles. The zero-order valence-electron chi connectivity index (χ0n) is 16.0. The van der Waals surface area contributed by atoms with Crippen LogP contribution in [0.2, 0.25) is 0 Å². The number of hydrogen-bond donors (Lipinski definition) is 2. The lowest BCUT2D eigenvalue weighted by molar-refractivity contribution is 0.150. The number of amides is 1. The topological polar surface area (TPSA) is 83.3 Å². The van der Waals surface area contributed by atoms with Gasteiger partial charge >= 0.3 is 6.09 Å². The zero-order valence-corrected chi connectivity index (χ0v) is 16.0. The minimum absolute atomic E-state index is 0.445. The smallest absolute Gasteiger partial charge is 0.407 e. The van der Waals surface area contributed by atoms with Crippen LogP contribution in [0.1, 0.15) is 24.5 Å². The number of pyridine rings is 1. The monoisotopic (exact) mass is 377 g/mol. The first-order chi connectivity index (χ1) is 13.5. The summed E-state index contributed by atoms with van der Waals surface area (Å²) in [4.78, 5) is 21.3. The highest BCUT2D eigenvalue weighted by Crippen LogP contribution is 2.29. The first kappa shape index (κ1) is 18.0. The van der Waals surface area contributed by atoms with Crippen LogP contribution >= 0.6 is 0 Å². The SMILES string of the molecule is CCc1cc(C2=CCN(C(=O)O)CC2)ccc1Nc1cc2c(cn1)ncn2C. The molecule has 0 saturated heterocycles. The number of rotatable bonds is 4. The summed E-state index contributed by atoms with van der Waals surface area (Å²) in [5.41, 5.74) is 6.49. The second-order valence-electron chi connectivity index (χ2n) is 6.97. The molecule has 28 heavy (non-hydrogen) atoms. The summed E-state index contributed by atoms with van der Waals surface area (Å²) in [7, 11) is 1.97. The number of benzene rings is 1. The van der Waals surface area contributed by atoms with E-state index in [0.29, 0.717) is 13.1 Å². The van der Waals surface area contributed by atoms with Crippen LogP contribution in [0.3, 0.4) is 0 Å². The van der Waals surface area contributed by atoms with Crippen LogP contribution in [0.4, 0.5) is 16.3 Å². The average molecular weight is 377 g/mol. The lowest BCUT2D eigenvalue weighted by Gasteiger charge is -2.24. The van der Waals surface area contributed by atoms with E-state index in [0.717, 1.165) is 40.9 Å². The molecule has 0 fully saturated rings. The predicted octanol–water partition coefficient (Wildman–Crippen LogP) is 4.04. The molecular formula is C21H23N5O2. The molecule has 0 aliphatic carbocycles. The number of imidazole rings is 1. The summed E-state index contributed by atoms with van der Waals surface area (Å²) in [5.74, 6) is 0.785. The Bertz CT molecular complexity index is 1070. The van der Waals surface area contributed by atoms with Crippen LogP contribution < -0.4 is 5.32 Å². The van der Waals surface area contributed by atoms with E-state index in [9.17, 15) is 4.79 Å². The lowest BCUT2D eigenvalue weighted by atomic mass is 9.96. The van der Waals surface area contributed by atoms with Gasteiger partial charge in [-0.3, -0.25) is 0 Å². The molecule has 3 heterocycles. The molecule has 3 aromatic rings. The molecule has 1 aliphatic rings.